The molecule has 0 aliphatic carbocycles. The molecule has 0 spiro atoms. The highest BCUT2D eigenvalue weighted by molar-refractivity contribution is 5.54. The van der Waals surface area contributed by atoms with Gasteiger partial charge < -0.3 is 9.73 Å². The summed E-state index contributed by atoms with van der Waals surface area (Å²) in [5.74, 6) is 0.777. The number of nitrogens with one attached hydrogen (secondary N) is 1. The molecule has 0 saturated carbocycles. The standard InChI is InChI=1S/C9H12N4O/c1-10-5-7-9(14-6-11-7)8-3-4-12-13(8)2/h3-4,6,10H,5H2,1-2H3. The minimum Gasteiger partial charge on any atom is -0.442 e. The SMILES string of the molecule is CNCc1ncoc1-c1ccnn1C. The normalized spacial score (nSPS) is 10.7. The van der Waals surface area contributed by atoms with Crippen LogP contribution in [0.1, 0.15) is 5.69 Å². The Morgan fingerprint density at radius 1 is 1.57 bits per heavy atom. The fourth-order valence-electron chi connectivity index (χ4n) is 1.37. The summed E-state index contributed by atoms with van der Waals surface area (Å²) in [7, 11) is 3.75. The molecule has 5 nitrogen and oxygen atoms in total. The Balaban J connectivity index is 2.41. The van der Waals surface area contributed by atoms with Crippen LogP contribution in [-0.2, 0) is 13.6 Å². The molecule has 0 atom stereocenters. The van der Waals surface area contributed by atoms with Crippen molar-refractivity contribution in [1.82, 2.24) is 20.1 Å². The van der Waals surface area contributed by atoms with E-state index in [1.165, 1.54) is 6.39 Å². The van der Waals surface area contributed by atoms with Gasteiger partial charge in [0.1, 0.15) is 11.4 Å². The highest BCUT2D eigenvalue weighted by Crippen LogP contribution is 2.21. The van der Waals surface area contributed by atoms with E-state index in [9.17, 15) is 0 Å². The predicted octanol–water partition coefficient (Wildman–Crippen LogP) is 0.794. The van der Waals surface area contributed by atoms with Crippen LogP contribution in [-0.4, -0.2) is 21.8 Å². The molecule has 0 saturated heterocycles. The fraction of sp³-hybridized carbons (Fsp3) is 0.333. The van der Waals surface area contributed by atoms with Crippen LogP contribution >= 0.6 is 0 Å². The van der Waals surface area contributed by atoms with Crippen molar-refractivity contribution in [3.05, 3.63) is 24.4 Å². The summed E-state index contributed by atoms with van der Waals surface area (Å²) in [6.45, 7) is 0.691. The highest BCUT2D eigenvalue weighted by atomic mass is 16.3. The zero-order valence-corrected chi connectivity index (χ0v) is 8.19. The molecule has 2 heterocycles. The maximum Gasteiger partial charge on any atom is 0.181 e. The molecule has 0 radical (unpaired) electrons. The lowest BCUT2D eigenvalue weighted by Crippen LogP contribution is -2.07. The van der Waals surface area contributed by atoms with Gasteiger partial charge in [0, 0.05) is 19.8 Å². The van der Waals surface area contributed by atoms with Crippen molar-refractivity contribution >= 4 is 0 Å². The molecular formula is C9H12N4O. The van der Waals surface area contributed by atoms with E-state index in [0.717, 1.165) is 17.1 Å². The van der Waals surface area contributed by atoms with Gasteiger partial charge in [0.15, 0.2) is 12.2 Å². The first kappa shape index (κ1) is 8.96. The molecule has 0 bridgehead atoms. The molecule has 0 aliphatic rings. The van der Waals surface area contributed by atoms with Crippen LogP contribution in [0, 0.1) is 0 Å². The van der Waals surface area contributed by atoms with Gasteiger partial charge in [-0.3, -0.25) is 4.68 Å². The van der Waals surface area contributed by atoms with Crippen LogP contribution in [0.25, 0.3) is 11.5 Å². The monoisotopic (exact) mass is 192 g/mol. The Bertz CT molecular complexity index is 418. The molecular weight excluding hydrogens is 180 g/mol. The van der Waals surface area contributed by atoms with Crippen molar-refractivity contribution < 1.29 is 4.42 Å². The third kappa shape index (κ3) is 1.42. The van der Waals surface area contributed by atoms with E-state index >= 15 is 0 Å². The molecule has 2 rings (SSSR count). The van der Waals surface area contributed by atoms with Crippen molar-refractivity contribution in [2.24, 2.45) is 7.05 Å². The van der Waals surface area contributed by atoms with Gasteiger partial charge in [0.25, 0.3) is 0 Å². The molecule has 0 fully saturated rings. The largest absolute Gasteiger partial charge is 0.442 e. The zero-order valence-electron chi connectivity index (χ0n) is 8.19. The number of aromatic nitrogens is 3. The van der Waals surface area contributed by atoms with E-state index in [-0.39, 0.29) is 0 Å². The van der Waals surface area contributed by atoms with Gasteiger partial charge in [0.05, 0.1) is 0 Å². The van der Waals surface area contributed by atoms with Gasteiger partial charge in [-0.15, -0.1) is 0 Å². The Morgan fingerprint density at radius 2 is 2.43 bits per heavy atom. The zero-order chi connectivity index (χ0) is 9.97. The summed E-state index contributed by atoms with van der Waals surface area (Å²) in [6, 6.07) is 1.90. The van der Waals surface area contributed by atoms with Gasteiger partial charge in [-0.05, 0) is 13.1 Å². The van der Waals surface area contributed by atoms with Gasteiger partial charge in [0.2, 0.25) is 0 Å². The van der Waals surface area contributed by atoms with Gasteiger partial charge in [-0.2, -0.15) is 5.10 Å². The fourth-order valence-corrected chi connectivity index (χ4v) is 1.37. The number of hydrogen-bond donors (Lipinski definition) is 1. The second-order valence-electron chi connectivity index (χ2n) is 3.00. The maximum atomic E-state index is 5.33. The quantitative estimate of drug-likeness (QED) is 0.781. The van der Waals surface area contributed by atoms with Crippen LogP contribution in [0.2, 0.25) is 0 Å². The van der Waals surface area contributed by atoms with Crippen molar-refractivity contribution in [2.75, 3.05) is 7.05 Å². The smallest absolute Gasteiger partial charge is 0.181 e. The van der Waals surface area contributed by atoms with Crippen LogP contribution < -0.4 is 5.32 Å². The highest BCUT2D eigenvalue weighted by Gasteiger charge is 2.12. The van der Waals surface area contributed by atoms with E-state index in [0.29, 0.717) is 6.54 Å². The lowest BCUT2D eigenvalue weighted by Gasteiger charge is -2.00. The Morgan fingerprint density at radius 3 is 3.07 bits per heavy atom. The first-order chi connectivity index (χ1) is 6.83. The van der Waals surface area contributed by atoms with E-state index in [1.54, 1.807) is 10.9 Å². The molecule has 74 valence electrons. The summed E-state index contributed by atoms with van der Waals surface area (Å²) in [5, 5.41) is 7.12. The molecule has 14 heavy (non-hydrogen) atoms. The summed E-state index contributed by atoms with van der Waals surface area (Å²) < 4.78 is 7.09. The molecule has 0 unspecified atom stereocenters. The summed E-state index contributed by atoms with van der Waals surface area (Å²) in [4.78, 5) is 4.13. The number of aryl methyl sites for hydroxylation is 1. The lowest BCUT2D eigenvalue weighted by atomic mass is 10.2. The molecule has 2 aromatic rings. The van der Waals surface area contributed by atoms with Crippen molar-refractivity contribution in [2.45, 2.75) is 6.54 Å². The minimum atomic E-state index is 0.691. The van der Waals surface area contributed by atoms with Crippen LogP contribution in [0.4, 0.5) is 0 Å². The van der Waals surface area contributed by atoms with Crippen LogP contribution in [0.3, 0.4) is 0 Å². The second-order valence-corrected chi connectivity index (χ2v) is 3.00. The predicted molar refractivity (Wildman–Crippen MR) is 51.5 cm³/mol. The number of nitrogens with zero attached hydrogens (tertiary/aromatic N) is 3. The van der Waals surface area contributed by atoms with Crippen LogP contribution in [0.5, 0.6) is 0 Å². The molecule has 0 aromatic carbocycles. The minimum absolute atomic E-state index is 0.691. The molecule has 0 aliphatic heterocycles. The second kappa shape index (κ2) is 3.63. The van der Waals surface area contributed by atoms with Crippen molar-refractivity contribution in [3.63, 3.8) is 0 Å². The average Bonchev–Trinajstić information content (AvgIpc) is 2.74. The Hall–Kier alpha value is -1.62. The van der Waals surface area contributed by atoms with E-state index in [2.05, 4.69) is 15.4 Å². The van der Waals surface area contributed by atoms with Gasteiger partial charge >= 0.3 is 0 Å². The molecule has 0 amide bonds. The number of hydrogen-bond acceptors (Lipinski definition) is 4. The maximum absolute atomic E-state index is 5.33. The summed E-state index contributed by atoms with van der Waals surface area (Å²) >= 11 is 0. The summed E-state index contributed by atoms with van der Waals surface area (Å²) in [6.07, 6.45) is 3.19. The van der Waals surface area contributed by atoms with E-state index < -0.39 is 0 Å². The van der Waals surface area contributed by atoms with E-state index in [4.69, 9.17) is 4.42 Å². The Labute approximate surface area is 81.8 Å². The number of rotatable bonds is 3. The van der Waals surface area contributed by atoms with Gasteiger partial charge in [-0.25, -0.2) is 4.98 Å². The molecule has 1 N–H and O–H groups in total. The molecule has 5 heteroatoms. The lowest BCUT2D eigenvalue weighted by molar-refractivity contribution is 0.562. The first-order valence-electron chi connectivity index (χ1n) is 4.38. The first-order valence-corrected chi connectivity index (χ1v) is 4.38. The third-order valence-electron chi connectivity index (χ3n) is 2.04. The number of oxazole rings is 1. The van der Waals surface area contributed by atoms with Gasteiger partial charge in [-0.1, -0.05) is 0 Å². The summed E-state index contributed by atoms with van der Waals surface area (Å²) in [5.41, 5.74) is 1.84. The average molecular weight is 192 g/mol. The van der Waals surface area contributed by atoms with Crippen molar-refractivity contribution in [1.29, 1.82) is 0 Å². The van der Waals surface area contributed by atoms with Crippen molar-refractivity contribution in [3.8, 4) is 11.5 Å². The van der Waals surface area contributed by atoms with E-state index in [1.807, 2.05) is 20.2 Å². The third-order valence-corrected chi connectivity index (χ3v) is 2.04. The Kier molecular flexibility index (Phi) is 2.32. The van der Waals surface area contributed by atoms with Crippen LogP contribution in [0.15, 0.2) is 23.1 Å². The molecule has 2 aromatic heterocycles. The topological polar surface area (TPSA) is 55.9 Å².